The fourth-order valence-corrected chi connectivity index (χ4v) is 2.99. The first-order valence-corrected chi connectivity index (χ1v) is 7.67. The van der Waals surface area contributed by atoms with Crippen molar-refractivity contribution in [1.29, 1.82) is 0 Å². The van der Waals surface area contributed by atoms with E-state index in [2.05, 4.69) is 5.32 Å². The molecule has 1 atom stereocenters. The van der Waals surface area contributed by atoms with Crippen LogP contribution < -0.4 is 5.32 Å². The van der Waals surface area contributed by atoms with Gasteiger partial charge in [-0.2, -0.15) is 0 Å². The largest absolute Gasteiger partial charge is 0.456 e. The summed E-state index contributed by atoms with van der Waals surface area (Å²) in [7, 11) is 0. The molecule has 0 bridgehead atoms. The molecule has 112 valence electrons. The molecular weight excluding hydrogens is 301 g/mol. The van der Waals surface area contributed by atoms with Crippen LogP contribution in [0.5, 0.6) is 0 Å². The SMILES string of the molecule is Cc1ccc(C(=O)N[C@@H](c2ccc(F)cc2)c2cccs2)o1. The highest BCUT2D eigenvalue weighted by Crippen LogP contribution is 2.26. The van der Waals surface area contributed by atoms with E-state index in [4.69, 9.17) is 4.42 Å². The fraction of sp³-hybridized carbons (Fsp3) is 0.118. The molecule has 3 nitrogen and oxygen atoms in total. The van der Waals surface area contributed by atoms with Crippen LogP contribution in [0, 0.1) is 12.7 Å². The minimum Gasteiger partial charge on any atom is -0.456 e. The molecule has 0 fully saturated rings. The maximum absolute atomic E-state index is 13.1. The maximum Gasteiger partial charge on any atom is 0.287 e. The van der Waals surface area contributed by atoms with Crippen molar-refractivity contribution in [3.8, 4) is 0 Å². The number of amides is 1. The molecule has 0 unspecified atom stereocenters. The number of halogens is 1. The third-order valence-electron chi connectivity index (χ3n) is 3.27. The van der Waals surface area contributed by atoms with Gasteiger partial charge in [-0.25, -0.2) is 4.39 Å². The monoisotopic (exact) mass is 315 g/mol. The number of carbonyl (C=O) groups is 1. The van der Waals surface area contributed by atoms with Crippen LogP contribution in [0.3, 0.4) is 0 Å². The van der Waals surface area contributed by atoms with Crippen molar-refractivity contribution >= 4 is 17.2 Å². The average Bonchev–Trinajstić information content (AvgIpc) is 3.17. The molecule has 0 spiro atoms. The number of rotatable bonds is 4. The van der Waals surface area contributed by atoms with Crippen LogP contribution in [0.1, 0.15) is 32.8 Å². The van der Waals surface area contributed by atoms with Crippen LogP contribution >= 0.6 is 11.3 Å². The van der Waals surface area contributed by atoms with Crippen LogP contribution in [0.15, 0.2) is 58.3 Å². The molecule has 0 saturated heterocycles. The number of aryl methyl sites for hydroxylation is 1. The first kappa shape index (κ1) is 14.5. The van der Waals surface area contributed by atoms with E-state index >= 15 is 0 Å². The highest BCUT2D eigenvalue weighted by molar-refractivity contribution is 7.10. The summed E-state index contributed by atoms with van der Waals surface area (Å²) in [6.07, 6.45) is 0. The lowest BCUT2D eigenvalue weighted by atomic mass is 10.1. The number of thiophene rings is 1. The third kappa shape index (κ3) is 3.09. The van der Waals surface area contributed by atoms with Gasteiger partial charge in [-0.1, -0.05) is 18.2 Å². The van der Waals surface area contributed by atoms with Crippen molar-refractivity contribution in [2.75, 3.05) is 0 Å². The Labute approximate surface area is 131 Å². The third-order valence-corrected chi connectivity index (χ3v) is 4.21. The fourth-order valence-electron chi connectivity index (χ4n) is 2.19. The second-order valence-corrected chi connectivity index (χ2v) is 5.86. The van der Waals surface area contributed by atoms with Crippen molar-refractivity contribution in [2.45, 2.75) is 13.0 Å². The molecule has 1 amide bonds. The summed E-state index contributed by atoms with van der Waals surface area (Å²) in [5.41, 5.74) is 0.820. The lowest BCUT2D eigenvalue weighted by Gasteiger charge is -2.17. The first-order chi connectivity index (χ1) is 10.6. The highest BCUT2D eigenvalue weighted by atomic mass is 32.1. The van der Waals surface area contributed by atoms with E-state index in [1.54, 1.807) is 31.2 Å². The zero-order chi connectivity index (χ0) is 15.5. The lowest BCUT2D eigenvalue weighted by Crippen LogP contribution is -2.28. The molecule has 22 heavy (non-hydrogen) atoms. The summed E-state index contributed by atoms with van der Waals surface area (Å²) in [6.45, 7) is 1.79. The molecule has 0 aliphatic carbocycles. The molecule has 0 aliphatic rings. The zero-order valence-corrected chi connectivity index (χ0v) is 12.7. The van der Waals surface area contributed by atoms with Crippen LogP contribution in [0.2, 0.25) is 0 Å². The second-order valence-electron chi connectivity index (χ2n) is 4.88. The van der Waals surface area contributed by atoms with Crippen molar-refractivity contribution in [3.63, 3.8) is 0 Å². The summed E-state index contributed by atoms with van der Waals surface area (Å²) >= 11 is 1.53. The number of hydrogen-bond donors (Lipinski definition) is 1. The van der Waals surface area contributed by atoms with Gasteiger partial charge in [-0.3, -0.25) is 4.79 Å². The molecule has 1 N–H and O–H groups in total. The van der Waals surface area contributed by atoms with E-state index in [1.807, 2.05) is 17.5 Å². The van der Waals surface area contributed by atoms with Gasteiger partial charge in [-0.05, 0) is 48.2 Å². The summed E-state index contributed by atoms with van der Waals surface area (Å²) in [5, 5.41) is 4.88. The predicted molar refractivity (Wildman–Crippen MR) is 83.5 cm³/mol. The van der Waals surface area contributed by atoms with E-state index < -0.39 is 0 Å². The summed E-state index contributed by atoms with van der Waals surface area (Å²) in [4.78, 5) is 13.3. The Morgan fingerprint density at radius 1 is 1.18 bits per heavy atom. The number of benzene rings is 1. The van der Waals surface area contributed by atoms with Gasteiger partial charge in [0, 0.05) is 4.88 Å². The molecular formula is C17H14FNO2S. The second kappa shape index (κ2) is 6.15. The summed E-state index contributed by atoms with van der Waals surface area (Å²) < 4.78 is 18.5. The molecule has 0 saturated carbocycles. The van der Waals surface area contributed by atoms with E-state index in [9.17, 15) is 9.18 Å². The van der Waals surface area contributed by atoms with E-state index in [1.165, 1.54) is 23.5 Å². The topological polar surface area (TPSA) is 42.2 Å². The zero-order valence-electron chi connectivity index (χ0n) is 11.9. The van der Waals surface area contributed by atoms with Gasteiger partial charge in [0.05, 0.1) is 6.04 Å². The van der Waals surface area contributed by atoms with Crippen LogP contribution in [-0.4, -0.2) is 5.91 Å². The number of hydrogen-bond acceptors (Lipinski definition) is 3. The van der Waals surface area contributed by atoms with Gasteiger partial charge in [0.2, 0.25) is 0 Å². The quantitative estimate of drug-likeness (QED) is 0.779. The summed E-state index contributed by atoms with van der Waals surface area (Å²) in [6, 6.07) is 13.0. The maximum atomic E-state index is 13.1. The van der Waals surface area contributed by atoms with E-state index in [0.29, 0.717) is 5.76 Å². The van der Waals surface area contributed by atoms with Crippen LogP contribution in [0.4, 0.5) is 4.39 Å². The van der Waals surface area contributed by atoms with Crippen molar-refractivity contribution < 1.29 is 13.6 Å². The molecule has 3 aromatic rings. The number of furan rings is 1. The van der Waals surface area contributed by atoms with Gasteiger partial charge in [0.15, 0.2) is 5.76 Å². The molecule has 0 radical (unpaired) electrons. The predicted octanol–water partition coefficient (Wildman–Crippen LogP) is 4.31. The van der Waals surface area contributed by atoms with Gasteiger partial charge in [0.1, 0.15) is 11.6 Å². The molecule has 3 rings (SSSR count). The Bertz CT molecular complexity index is 762. The summed E-state index contributed by atoms with van der Waals surface area (Å²) in [5.74, 6) is 0.346. The normalized spacial score (nSPS) is 12.1. The highest BCUT2D eigenvalue weighted by Gasteiger charge is 2.20. The van der Waals surface area contributed by atoms with Gasteiger partial charge in [0.25, 0.3) is 5.91 Å². The van der Waals surface area contributed by atoms with Crippen molar-refractivity contribution in [1.82, 2.24) is 5.32 Å². The minimum atomic E-state index is -0.335. The number of carbonyl (C=O) groups excluding carboxylic acids is 1. The molecule has 1 aromatic carbocycles. The van der Waals surface area contributed by atoms with Gasteiger partial charge >= 0.3 is 0 Å². The first-order valence-electron chi connectivity index (χ1n) is 6.79. The van der Waals surface area contributed by atoms with Crippen LogP contribution in [0.25, 0.3) is 0 Å². The molecule has 2 aromatic heterocycles. The molecule has 0 aliphatic heterocycles. The standard InChI is InChI=1S/C17H14FNO2S/c1-11-4-9-14(21-11)17(20)19-16(15-3-2-10-22-15)12-5-7-13(18)8-6-12/h2-10,16H,1H3,(H,19,20)/t16-/m0/s1. The van der Waals surface area contributed by atoms with Crippen molar-refractivity contribution in [2.24, 2.45) is 0 Å². The van der Waals surface area contributed by atoms with Crippen molar-refractivity contribution in [3.05, 3.63) is 81.7 Å². The smallest absolute Gasteiger partial charge is 0.287 e. The van der Waals surface area contributed by atoms with Gasteiger partial charge < -0.3 is 9.73 Å². The number of nitrogens with one attached hydrogen (secondary N) is 1. The average molecular weight is 315 g/mol. The Hall–Kier alpha value is -2.40. The van der Waals surface area contributed by atoms with Crippen LogP contribution in [-0.2, 0) is 0 Å². The Morgan fingerprint density at radius 2 is 1.95 bits per heavy atom. The van der Waals surface area contributed by atoms with Gasteiger partial charge in [-0.15, -0.1) is 11.3 Å². The lowest BCUT2D eigenvalue weighted by molar-refractivity contribution is 0.0914. The Balaban J connectivity index is 1.89. The minimum absolute atomic E-state index is 0.265. The van der Waals surface area contributed by atoms with E-state index in [0.717, 1.165) is 10.4 Å². The Morgan fingerprint density at radius 3 is 2.55 bits per heavy atom. The van der Waals surface area contributed by atoms with E-state index in [-0.39, 0.29) is 23.5 Å². The molecule has 5 heteroatoms. The Kier molecular flexibility index (Phi) is 4.06. The molecule has 2 heterocycles.